The molecule has 2 aromatic rings. The van der Waals surface area contributed by atoms with E-state index in [1.807, 2.05) is 12.1 Å². The Bertz CT molecular complexity index is 569. The molecular formula is C14H11ClF3NS. The van der Waals surface area contributed by atoms with Gasteiger partial charge < -0.3 is 5.32 Å². The fourth-order valence-electron chi connectivity index (χ4n) is 1.61. The zero-order valence-corrected chi connectivity index (χ0v) is 11.8. The molecule has 0 aliphatic heterocycles. The summed E-state index contributed by atoms with van der Waals surface area (Å²) in [4.78, 5) is 0.184. The predicted molar refractivity (Wildman–Crippen MR) is 77.1 cm³/mol. The second-order valence-electron chi connectivity index (χ2n) is 4.06. The highest BCUT2D eigenvalue weighted by molar-refractivity contribution is 8.00. The molecule has 0 radical (unpaired) electrons. The Labute approximate surface area is 124 Å². The molecule has 1 N–H and O–H groups in total. The minimum Gasteiger partial charge on any atom is -0.381 e. The Kier molecular flexibility index (Phi) is 4.83. The van der Waals surface area contributed by atoms with Crippen molar-refractivity contribution in [3.05, 3.63) is 59.1 Å². The van der Waals surface area contributed by atoms with Gasteiger partial charge in [0.15, 0.2) is 0 Å². The fraction of sp³-hybridized carbons (Fsp3) is 0.143. The lowest BCUT2D eigenvalue weighted by molar-refractivity contribution is -0.0328. The van der Waals surface area contributed by atoms with Gasteiger partial charge in [-0.15, -0.1) is 0 Å². The Morgan fingerprint density at radius 3 is 2.35 bits per heavy atom. The maximum atomic E-state index is 12.2. The van der Waals surface area contributed by atoms with Crippen LogP contribution >= 0.6 is 23.4 Å². The first-order valence-electron chi connectivity index (χ1n) is 5.76. The summed E-state index contributed by atoms with van der Waals surface area (Å²) in [6.45, 7) is 0.525. The van der Waals surface area contributed by atoms with Gasteiger partial charge in [0.1, 0.15) is 0 Å². The summed E-state index contributed by atoms with van der Waals surface area (Å²) in [5.41, 5.74) is -2.48. The molecule has 20 heavy (non-hydrogen) atoms. The molecule has 0 heterocycles. The van der Waals surface area contributed by atoms with Crippen molar-refractivity contribution in [2.24, 2.45) is 0 Å². The van der Waals surface area contributed by atoms with E-state index < -0.39 is 5.51 Å². The maximum Gasteiger partial charge on any atom is 0.446 e. The van der Waals surface area contributed by atoms with Crippen molar-refractivity contribution in [2.75, 3.05) is 5.32 Å². The summed E-state index contributed by atoms with van der Waals surface area (Å²) in [7, 11) is 0. The topological polar surface area (TPSA) is 12.0 Å². The van der Waals surface area contributed by atoms with Crippen LogP contribution in [0.15, 0.2) is 53.4 Å². The van der Waals surface area contributed by atoms with Gasteiger partial charge in [0.05, 0.1) is 0 Å². The number of hydrogen-bond acceptors (Lipinski definition) is 2. The number of nitrogens with one attached hydrogen (secondary N) is 1. The van der Waals surface area contributed by atoms with E-state index in [0.29, 0.717) is 11.6 Å². The van der Waals surface area contributed by atoms with Crippen LogP contribution in [0.2, 0.25) is 5.02 Å². The molecule has 2 rings (SSSR count). The van der Waals surface area contributed by atoms with Crippen LogP contribution in [-0.2, 0) is 6.54 Å². The van der Waals surface area contributed by atoms with E-state index in [1.165, 1.54) is 12.1 Å². The van der Waals surface area contributed by atoms with E-state index in [9.17, 15) is 13.2 Å². The van der Waals surface area contributed by atoms with Gasteiger partial charge in [0.25, 0.3) is 0 Å². The zero-order chi connectivity index (χ0) is 14.6. The Balaban J connectivity index is 1.94. The van der Waals surface area contributed by atoms with Crippen molar-refractivity contribution in [1.29, 1.82) is 0 Å². The molecule has 0 saturated heterocycles. The molecule has 0 amide bonds. The van der Waals surface area contributed by atoms with Crippen molar-refractivity contribution >= 4 is 29.1 Å². The first-order chi connectivity index (χ1) is 9.42. The van der Waals surface area contributed by atoms with Crippen LogP contribution in [0.3, 0.4) is 0 Å². The molecule has 0 aliphatic carbocycles. The molecule has 2 aromatic carbocycles. The Hall–Kier alpha value is -1.33. The van der Waals surface area contributed by atoms with Crippen LogP contribution < -0.4 is 5.32 Å². The van der Waals surface area contributed by atoms with Crippen LogP contribution in [0.1, 0.15) is 5.56 Å². The van der Waals surface area contributed by atoms with E-state index in [4.69, 9.17) is 11.6 Å². The number of rotatable bonds is 4. The molecule has 1 nitrogen and oxygen atoms in total. The number of anilines is 1. The van der Waals surface area contributed by atoms with Crippen LogP contribution in [0, 0.1) is 0 Å². The van der Waals surface area contributed by atoms with Gasteiger partial charge in [-0.3, -0.25) is 0 Å². The van der Waals surface area contributed by atoms with Gasteiger partial charge in [-0.1, -0.05) is 29.8 Å². The van der Waals surface area contributed by atoms with Crippen LogP contribution in [0.25, 0.3) is 0 Å². The lowest BCUT2D eigenvalue weighted by Crippen LogP contribution is -2.00. The molecule has 0 bridgehead atoms. The number of benzene rings is 2. The smallest absolute Gasteiger partial charge is 0.381 e. The first kappa shape index (κ1) is 15.1. The van der Waals surface area contributed by atoms with E-state index >= 15 is 0 Å². The summed E-state index contributed by atoms with van der Waals surface area (Å²) in [6, 6.07) is 13.5. The number of alkyl halides is 3. The van der Waals surface area contributed by atoms with E-state index in [1.54, 1.807) is 24.3 Å². The largest absolute Gasteiger partial charge is 0.446 e. The standard InChI is InChI=1S/C14H11ClF3NS/c15-11-2-1-3-12(8-11)19-9-10-4-6-13(7-5-10)20-14(16,17)18/h1-8,19H,9H2. The molecule has 0 fully saturated rings. The normalized spacial score (nSPS) is 11.4. The average Bonchev–Trinajstić information content (AvgIpc) is 2.36. The highest BCUT2D eigenvalue weighted by atomic mass is 35.5. The van der Waals surface area contributed by atoms with E-state index in [-0.39, 0.29) is 16.7 Å². The van der Waals surface area contributed by atoms with E-state index in [2.05, 4.69) is 5.32 Å². The number of hydrogen-bond donors (Lipinski definition) is 1. The lowest BCUT2D eigenvalue weighted by Gasteiger charge is -2.08. The molecule has 6 heteroatoms. The van der Waals surface area contributed by atoms with Crippen LogP contribution in [0.4, 0.5) is 18.9 Å². The quantitative estimate of drug-likeness (QED) is 0.740. The van der Waals surface area contributed by atoms with Gasteiger partial charge in [0.2, 0.25) is 0 Å². The summed E-state index contributed by atoms with van der Waals surface area (Å²) in [5, 5.41) is 3.79. The van der Waals surface area contributed by atoms with Crippen molar-refractivity contribution < 1.29 is 13.2 Å². The second kappa shape index (κ2) is 6.41. The summed E-state index contributed by atoms with van der Waals surface area (Å²) in [5.74, 6) is 0. The third-order valence-corrected chi connectivity index (χ3v) is 3.45. The molecule has 0 saturated carbocycles. The Morgan fingerprint density at radius 2 is 1.75 bits per heavy atom. The summed E-state index contributed by atoms with van der Waals surface area (Å²) >= 11 is 5.75. The van der Waals surface area contributed by atoms with Gasteiger partial charge in [-0.2, -0.15) is 13.2 Å². The summed E-state index contributed by atoms with van der Waals surface area (Å²) < 4.78 is 36.6. The highest BCUT2D eigenvalue weighted by Gasteiger charge is 2.28. The third kappa shape index (κ3) is 4.98. The van der Waals surface area contributed by atoms with Gasteiger partial charge in [0, 0.05) is 22.2 Å². The van der Waals surface area contributed by atoms with Crippen molar-refractivity contribution in [2.45, 2.75) is 16.9 Å². The van der Waals surface area contributed by atoms with Gasteiger partial charge in [-0.05, 0) is 47.7 Å². The number of halogens is 4. The lowest BCUT2D eigenvalue weighted by atomic mass is 10.2. The highest BCUT2D eigenvalue weighted by Crippen LogP contribution is 2.36. The molecule has 0 unspecified atom stereocenters. The minimum absolute atomic E-state index is 0.112. The predicted octanol–water partition coefficient (Wildman–Crippen LogP) is 5.56. The fourth-order valence-corrected chi connectivity index (χ4v) is 2.34. The van der Waals surface area contributed by atoms with Crippen LogP contribution in [0.5, 0.6) is 0 Å². The van der Waals surface area contributed by atoms with E-state index in [0.717, 1.165) is 11.3 Å². The van der Waals surface area contributed by atoms with Crippen LogP contribution in [-0.4, -0.2) is 5.51 Å². The second-order valence-corrected chi connectivity index (χ2v) is 5.63. The Morgan fingerprint density at radius 1 is 1.05 bits per heavy atom. The SMILES string of the molecule is FC(F)(F)Sc1ccc(CNc2cccc(Cl)c2)cc1. The molecule has 0 atom stereocenters. The monoisotopic (exact) mass is 317 g/mol. The average molecular weight is 318 g/mol. The molecule has 106 valence electrons. The van der Waals surface area contributed by atoms with Gasteiger partial charge >= 0.3 is 5.51 Å². The molecule has 0 aromatic heterocycles. The molecule has 0 spiro atoms. The molecule has 0 aliphatic rings. The molecular weight excluding hydrogens is 307 g/mol. The van der Waals surface area contributed by atoms with Crippen molar-refractivity contribution in [3.8, 4) is 0 Å². The van der Waals surface area contributed by atoms with Crippen molar-refractivity contribution in [1.82, 2.24) is 0 Å². The van der Waals surface area contributed by atoms with Crippen molar-refractivity contribution in [3.63, 3.8) is 0 Å². The summed E-state index contributed by atoms with van der Waals surface area (Å²) in [6.07, 6.45) is 0. The number of thioether (sulfide) groups is 1. The zero-order valence-electron chi connectivity index (χ0n) is 10.2. The maximum absolute atomic E-state index is 12.2. The first-order valence-corrected chi connectivity index (χ1v) is 6.96. The minimum atomic E-state index is -4.25. The van der Waals surface area contributed by atoms with Gasteiger partial charge in [-0.25, -0.2) is 0 Å². The third-order valence-electron chi connectivity index (χ3n) is 2.48.